The number of hydrazine groups is 1. The van der Waals surface area contributed by atoms with Gasteiger partial charge in [-0.3, -0.25) is 0 Å². The number of pyridine rings is 1. The van der Waals surface area contributed by atoms with E-state index in [1.807, 2.05) is 12.1 Å². The fraction of sp³-hybridized carbons (Fsp3) is 0.583. The van der Waals surface area contributed by atoms with Crippen LogP contribution in [0.25, 0.3) is 0 Å². The van der Waals surface area contributed by atoms with Crippen molar-refractivity contribution in [3.63, 3.8) is 0 Å². The summed E-state index contributed by atoms with van der Waals surface area (Å²) in [6.45, 7) is 4.53. The fourth-order valence-electron chi connectivity index (χ4n) is 2.17. The number of aromatic nitrogens is 1. The van der Waals surface area contributed by atoms with Crippen LogP contribution in [-0.2, 0) is 0 Å². The Labute approximate surface area is 96.8 Å². The zero-order valence-corrected chi connectivity index (χ0v) is 9.82. The predicted octanol–water partition coefficient (Wildman–Crippen LogP) is 1.99. The molecule has 0 saturated carbocycles. The van der Waals surface area contributed by atoms with Crippen LogP contribution in [0.3, 0.4) is 0 Å². The number of rotatable bonds is 2. The van der Waals surface area contributed by atoms with Crippen LogP contribution in [0.2, 0.25) is 0 Å². The summed E-state index contributed by atoms with van der Waals surface area (Å²) in [4.78, 5) is 6.82. The average molecular weight is 220 g/mol. The lowest BCUT2D eigenvalue weighted by molar-refractivity contribution is 0.521. The number of nitrogens with two attached hydrogens (primary N) is 1. The van der Waals surface area contributed by atoms with Gasteiger partial charge in [-0.1, -0.05) is 13.0 Å². The van der Waals surface area contributed by atoms with Crippen LogP contribution in [-0.4, -0.2) is 18.1 Å². The van der Waals surface area contributed by atoms with E-state index in [9.17, 15) is 0 Å². The highest BCUT2D eigenvalue weighted by Crippen LogP contribution is 2.21. The monoisotopic (exact) mass is 220 g/mol. The molecule has 0 radical (unpaired) electrons. The lowest BCUT2D eigenvalue weighted by Crippen LogP contribution is -2.25. The maximum absolute atomic E-state index is 5.37. The summed E-state index contributed by atoms with van der Waals surface area (Å²) in [7, 11) is 0. The van der Waals surface area contributed by atoms with Crippen molar-refractivity contribution in [2.45, 2.75) is 26.2 Å². The Hall–Kier alpha value is -1.29. The van der Waals surface area contributed by atoms with Gasteiger partial charge < -0.3 is 10.3 Å². The van der Waals surface area contributed by atoms with Crippen molar-refractivity contribution in [1.29, 1.82) is 0 Å². The van der Waals surface area contributed by atoms with E-state index in [2.05, 4.69) is 28.3 Å². The van der Waals surface area contributed by atoms with E-state index in [0.717, 1.165) is 30.6 Å². The number of anilines is 2. The Morgan fingerprint density at radius 2 is 2.25 bits per heavy atom. The Morgan fingerprint density at radius 3 is 3.06 bits per heavy atom. The number of hydrogen-bond acceptors (Lipinski definition) is 4. The van der Waals surface area contributed by atoms with Gasteiger partial charge in [-0.25, -0.2) is 10.8 Å². The van der Waals surface area contributed by atoms with Crippen LogP contribution in [0.1, 0.15) is 26.2 Å². The van der Waals surface area contributed by atoms with E-state index >= 15 is 0 Å². The third-order valence-corrected chi connectivity index (χ3v) is 3.22. The maximum Gasteiger partial charge on any atom is 0.142 e. The van der Waals surface area contributed by atoms with Gasteiger partial charge in [0.15, 0.2) is 0 Å². The zero-order valence-electron chi connectivity index (χ0n) is 9.82. The van der Waals surface area contributed by atoms with Gasteiger partial charge in [0.1, 0.15) is 11.6 Å². The molecule has 4 heteroatoms. The van der Waals surface area contributed by atoms with E-state index in [4.69, 9.17) is 5.84 Å². The normalized spacial score (nSPS) is 21.6. The second kappa shape index (κ2) is 5.16. The number of nitrogens with zero attached hydrogens (tertiary/aromatic N) is 2. The Kier molecular flexibility index (Phi) is 3.62. The van der Waals surface area contributed by atoms with Crippen molar-refractivity contribution >= 4 is 11.6 Å². The van der Waals surface area contributed by atoms with Gasteiger partial charge in [0.25, 0.3) is 0 Å². The van der Waals surface area contributed by atoms with Crippen LogP contribution >= 0.6 is 0 Å². The van der Waals surface area contributed by atoms with Crippen molar-refractivity contribution < 1.29 is 0 Å². The summed E-state index contributed by atoms with van der Waals surface area (Å²) in [5.41, 5.74) is 2.59. The maximum atomic E-state index is 5.37. The first kappa shape index (κ1) is 11.2. The molecule has 0 bridgehead atoms. The lowest BCUT2D eigenvalue weighted by Gasteiger charge is -2.21. The molecule has 88 valence electrons. The highest BCUT2D eigenvalue weighted by atomic mass is 15.3. The zero-order chi connectivity index (χ0) is 11.4. The molecule has 4 nitrogen and oxygen atoms in total. The molecule has 16 heavy (non-hydrogen) atoms. The van der Waals surface area contributed by atoms with E-state index in [1.165, 1.54) is 19.3 Å². The number of hydrogen-bond donors (Lipinski definition) is 2. The van der Waals surface area contributed by atoms with Gasteiger partial charge in [-0.15, -0.1) is 0 Å². The van der Waals surface area contributed by atoms with Crippen LogP contribution in [0.15, 0.2) is 18.2 Å². The molecule has 2 heterocycles. The molecular formula is C12H20N4. The molecule has 2 rings (SSSR count). The minimum Gasteiger partial charge on any atom is -0.357 e. The first-order valence-electron chi connectivity index (χ1n) is 5.98. The average Bonchev–Trinajstić information content (AvgIpc) is 2.54. The minimum absolute atomic E-state index is 0.731. The van der Waals surface area contributed by atoms with Crippen molar-refractivity contribution in [3.05, 3.63) is 18.2 Å². The summed E-state index contributed by atoms with van der Waals surface area (Å²) < 4.78 is 0. The van der Waals surface area contributed by atoms with Crippen molar-refractivity contribution in [1.82, 2.24) is 4.98 Å². The summed E-state index contributed by atoms with van der Waals surface area (Å²) in [6.07, 6.45) is 3.83. The second-order valence-electron chi connectivity index (χ2n) is 4.55. The second-order valence-corrected chi connectivity index (χ2v) is 4.55. The lowest BCUT2D eigenvalue weighted by atomic mass is 10.0. The van der Waals surface area contributed by atoms with Gasteiger partial charge in [-0.2, -0.15) is 0 Å². The molecule has 1 aromatic heterocycles. The topological polar surface area (TPSA) is 54.2 Å². The summed E-state index contributed by atoms with van der Waals surface area (Å²) in [5.74, 6) is 7.97. The molecule has 1 aliphatic heterocycles. The third kappa shape index (κ3) is 2.64. The molecule has 0 amide bonds. The summed E-state index contributed by atoms with van der Waals surface area (Å²) >= 11 is 0. The van der Waals surface area contributed by atoms with Gasteiger partial charge in [0, 0.05) is 13.1 Å². The van der Waals surface area contributed by atoms with Gasteiger partial charge >= 0.3 is 0 Å². The molecule has 0 spiro atoms. The fourth-order valence-corrected chi connectivity index (χ4v) is 2.17. The molecule has 1 aliphatic rings. The molecule has 1 saturated heterocycles. The van der Waals surface area contributed by atoms with E-state index in [-0.39, 0.29) is 0 Å². The highest BCUT2D eigenvalue weighted by molar-refractivity contribution is 5.46. The van der Waals surface area contributed by atoms with Crippen LogP contribution in [0.4, 0.5) is 11.6 Å². The summed E-state index contributed by atoms with van der Waals surface area (Å²) in [5, 5.41) is 0. The standard InChI is InChI=1S/C12H20N4/c1-10-4-3-8-16(9-7-10)12-6-2-5-11(14-12)15-13/h2,5-6,10H,3-4,7-9,13H2,1H3,(H,14,15). The van der Waals surface area contributed by atoms with Crippen molar-refractivity contribution in [2.24, 2.45) is 11.8 Å². The molecule has 1 fully saturated rings. The molecular weight excluding hydrogens is 200 g/mol. The van der Waals surface area contributed by atoms with Gasteiger partial charge in [-0.05, 0) is 37.3 Å². The first-order chi connectivity index (χ1) is 7.79. The largest absolute Gasteiger partial charge is 0.357 e. The molecule has 3 N–H and O–H groups in total. The first-order valence-corrected chi connectivity index (χ1v) is 5.98. The molecule has 1 atom stereocenters. The third-order valence-electron chi connectivity index (χ3n) is 3.22. The Morgan fingerprint density at radius 1 is 1.38 bits per heavy atom. The van der Waals surface area contributed by atoms with Gasteiger partial charge in [0.05, 0.1) is 0 Å². The number of nitrogens with one attached hydrogen (secondary N) is 1. The van der Waals surface area contributed by atoms with Crippen LogP contribution in [0.5, 0.6) is 0 Å². The predicted molar refractivity (Wildman–Crippen MR) is 67.3 cm³/mol. The van der Waals surface area contributed by atoms with Crippen molar-refractivity contribution in [2.75, 3.05) is 23.4 Å². The molecule has 0 aromatic carbocycles. The quantitative estimate of drug-likeness (QED) is 0.591. The smallest absolute Gasteiger partial charge is 0.142 e. The van der Waals surface area contributed by atoms with Crippen LogP contribution in [0, 0.1) is 5.92 Å². The summed E-state index contributed by atoms with van der Waals surface area (Å²) in [6, 6.07) is 5.92. The van der Waals surface area contributed by atoms with E-state index in [0.29, 0.717) is 0 Å². The van der Waals surface area contributed by atoms with E-state index in [1.54, 1.807) is 0 Å². The van der Waals surface area contributed by atoms with Crippen LogP contribution < -0.4 is 16.2 Å². The SMILES string of the molecule is CC1CCCN(c2cccc(NN)n2)CC1. The molecule has 0 aliphatic carbocycles. The number of nitrogen functional groups attached to an aromatic ring is 1. The van der Waals surface area contributed by atoms with E-state index < -0.39 is 0 Å². The van der Waals surface area contributed by atoms with Crippen molar-refractivity contribution in [3.8, 4) is 0 Å². The van der Waals surface area contributed by atoms with Gasteiger partial charge in [0.2, 0.25) is 0 Å². The Balaban J connectivity index is 2.10. The molecule has 1 unspecified atom stereocenters. The minimum atomic E-state index is 0.731. The molecule has 1 aromatic rings. The Bertz CT molecular complexity index is 340. The highest BCUT2D eigenvalue weighted by Gasteiger charge is 2.14.